The van der Waals surface area contributed by atoms with E-state index in [-0.39, 0.29) is 60.7 Å². The molecule has 1 saturated heterocycles. The van der Waals surface area contributed by atoms with E-state index in [1.54, 1.807) is 0 Å². The van der Waals surface area contributed by atoms with E-state index in [2.05, 4.69) is 20.4 Å². The van der Waals surface area contributed by atoms with Crippen molar-refractivity contribution < 1.29 is 32.2 Å². The summed E-state index contributed by atoms with van der Waals surface area (Å²) in [5.74, 6) is -1.04. The number of carbonyl (C=O) groups excluding carboxylic acids is 2. The number of carbonyl (C=O) groups is 2. The summed E-state index contributed by atoms with van der Waals surface area (Å²) in [5.41, 5.74) is 0.426. The van der Waals surface area contributed by atoms with Gasteiger partial charge >= 0.3 is 6.36 Å². The van der Waals surface area contributed by atoms with Crippen molar-refractivity contribution in [3.05, 3.63) is 18.2 Å². The molecule has 0 aliphatic carbocycles. The molecule has 1 aromatic carbocycles. The lowest BCUT2D eigenvalue weighted by atomic mass is 10.1. The normalized spacial score (nSPS) is 14.2. The Labute approximate surface area is 198 Å². The Bertz CT molecular complexity index is 910. The zero-order chi connectivity index (χ0) is 21.7. The van der Waals surface area contributed by atoms with Gasteiger partial charge in [0.2, 0.25) is 11.8 Å². The van der Waals surface area contributed by atoms with E-state index >= 15 is 0 Å². The highest BCUT2D eigenvalue weighted by Crippen LogP contribution is 2.31. The van der Waals surface area contributed by atoms with Crippen LogP contribution in [0.4, 0.5) is 18.3 Å². The second-order valence-electron chi connectivity index (χ2n) is 6.76. The van der Waals surface area contributed by atoms with Crippen molar-refractivity contribution in [2.24, 2.45) is 0 Å². The second-order valence-corrected chi connectivity index (χ2v) is 7.79. The molecule has 0 radical (unpaired) electrons. The molecule has 0 unspecified atom stereocenters. The number of aromatic nitrogens is 1. The fourth-order valence-corrected chi connectivity index (χ4v) is 3.80. The molecule has 180 valence electrons. The van der Waals surface area contributed by atoms with Gasteiger partial charge in [-0.3, -0.25) is 9.59 Å². The van der Waals surface area contributed by atoms with Gasteiger partial charge in [0.15, 0.2) is 5.13 Å². The smallest absolute Gasteiger partial charge is 0.406 e. The first-order valence-electron chi connectivity index (χ1n) is 9.21. The topological polar surface area (TPSA) is 92.8 Å². The molecule has 1 aliphatic heterocycles. The van der Waals surface area contributed by atoms with Gasteiger partial charge in [-0.05, 0) is 25.0 Å². The first-order chi connectivity index (χ1) is 14.2. The van der Waals surface area contributed by atoms with Crippen LogP contribution in [-0.4, -0.2) is 67.5 Å². The number of hydrogen-bond acceptors (Lipinski definition) is 7. The molecule has 8 nitrogen and oxygen atoms in total. The minimum Gasteiger partial charge on any atom is -0.406 e. The first-order valence-corrected chi connectivity index (χ1v) is 10.0. The zero-order valence-electron chi connectivity index (χ0n) is 16.9. The fraction of sp³-hybridized carbons (Fsp3) is 0.500. The number of ether oxygens (including phenoxy) is 2. The average Bonchev–Trinajstić information content (AvgIpc) is 3.06. The number of anilines is 1. The van der Waals surface area contributed by atoms with Gasteiger partial charge in [0.05, 0.1) is 23.3 Å². The molecule has 2 aromatic rings. The predicted molar refractivity (Wildman–Crippen MR) is 119 cm³/mol. The van der Waals surface area contributed by atoms with Crippen LogP contribution in [0.2, 0.25) is 0 Å². The molecule has 32 heavy (non-hydrogen) atoms. The number of likely N-dealkylation sites (N-methyl/N-ethyl adjacent to an activating group) is 1. The van der Waals surface area contributed by atoms with Crippen molar-refractivity contribution in [3.8, 4) is 5.75 Å². The Morgan fingerprint density at radius 2 is 1.97 bits per heavy atom. The molecule has 0 atom stereocenters. The Morgan fingerprint density at radius 3 is 2.62 bits per heavy atom. The number of thiazole rings is 1. The van der Waals surface area contributed by atoms with Gasteiger partial charge in [0.25, 0.3) is 0 Å². The number of hydrogen-bond donors (Lipinski definition) is 2. The molecule has 2 heterocycles. The van der Waals surface area contributed by atoms with Crippen LogP contribution in [0.5, 0.6) is 5.75 Å². The largest absolute Gasteiger partial charge is 0.573 e. The Hall–Kier alpha value is -1.86. The molecular formula is C18H23Cl2F3N4O4S. The van der Waals surface area contributed by atoms with E-state index in [0.29, 0.717) is 23.4 Å². The lowest BCUT2D eigenvalue weighted by Crippen LogP contribution is -2.44. The highest BCUT2D eigenvalue weighted by molar-refractivity contribution is 7.22. The molecule has 1 aromatic heterocycles. The second kappa shape index (κ2) is 12.4. The SMILES string of the molecule is CN(CC(=O)Nc1nc2ccc(OC(F)(F)F)cc2s1)C(=O)CNC1CCOCC1.Cl.Cl. The molecule has 0 spiro atoms. The van der Waals surface area contributed by atoms with Crippen molar-refractivity contribution in [2.75, 3.05) is 38.7 Å². The van der Waals surface area contributed by atoms with Gasteiger partial charge in [-0.25, -0.2) is 4.98 Å². The van der Waals surface area contributed by atoms with E-state index in [0.717, 1.165) is 30.2 Å². The number of fused-ring (bicyclic) bond motifs is 1. The molecule has 0 saturated carbocycles. The summed E-state index contributed by atoms with van der Waals surface area (Å²) in [4.78, 5) is 29.9. The van der Waals surface area contributed by atoms with E-state index in [1.807, 2.05) is 0 Å². The average molecular weight is 519 g/mol. The molecule has 0 bridgehead atoms. The third kappa shape index (κ3) is 8.58. The lowest BCUT2D eigenvalue weighted by Gasteiger charge is -2.24. The van der Waals surface area contributed by atoms with E-state index in [1.165, 1.54) is 24.1 Å². The van der Waals surface area contributed by atoms with Crippen molar-refractivity contribution in [1.29, 1.82) is 0 Å². The van der Waals surface area contributed by atoms with Gasteiger partial charge in [-0.1, -0.05) is 11.3 Å². The summed E-state index contributed by atoms with van der Waals surface area (Å²) < 4.78 is 46.6. The number of alkyl halides is 3. The lowest BCUT2D eigenvalue weighted by molar-refractivity contribution is -0.274. The number of nitrogens with one attached hydrogen (secondary N) is 2. The molecule has 1 fully saturated rings. The van der Waals surface area contributed by atoms with Crippen LogP contribution in [0.15, 0.2) is 18.2 Å². The van der Waals surface area contributed by atoms with Crippen molar-refractivity contribution >= 4 is 63.3 Å². The van der Waals surface area contributed by atoms with Crippen molar-refractivity contribution in [2.45, 2.75) is 25.2 Å². The predicted octanol–water partition coefficient (Wildman–Crippen LogP) is 3.20. The van der Waals surface area contributed by atoms with Gasteiger partial charge in [-0.2, -0.15) is 0 Å². The van der Waals surface area contributed by atoms with Crippen LogP contribution in [0.1, 0.15) is 12.8 Å². The quantitative estimate of drug-likeness (QED) is 0.584. The fourth-order valence-electron chi connectivity index (χ4n) is 2.89. The Balaban J connectivity index is 0.00000256. The van der Waals surface area contributed by atoms with Crippen LogP contribution in [0, 0.1) is 0 Å². The summed E-state index contributed by atoms with van der Waals surface area (Å²) in [5, 5.41) is 5.95. The number of benzene rings is 1. The first kappa shape index (κ1) is 28.2. The Morgan fingerprint density at radius 1 is 1.28 bits per heavy atom. The molecule has 2 N–H and O–H groups in total. The van der Waals surface area contributed by atoms with Crippen molar-refractivity contribution in [1.82, 2.24) is 15.2 Å². The van der Waals surface area contributed by atoms with Crippen LogP contribution in [0.3, 0.4) is 0 Å². The maximum absolute atomic E-state index is 12.3. The van der Waals surface area contributed by atoms with E-state index in [9.17, 15) is 22.8 Å². The third-order valence-electron chi connectivity index (χ3n) is 4.41. The number of amides is 2. The molecule has 2 amide bonds. The monoisotopic (exact) mass is 518 g/mol. The van der Waals surface area contributed by atoms with E-state index in [4.69, 9.17) is 4.74 Å². The number of nitrogens with zero attached hydrogens (tertiary/aromatic N) is 2. The number of halogens is 5. The molecular weight excluding hydrogens is 496 g/mol. The van der Waals surface area contributed by atoms with Gasteiger partial charge in [0, 0.05) is 32.4 Å². The molecule has 14 heteroatoms. The van der Waals surface area contributed by atoms with E-state index < -0.39 is 12.3 Å². The minimum absolute atomic E-state index is 0. The molecule has 3 rings (SSSR count). The van der Waals surface area contributed by atoms with Crippen LogP contribution < -0.4 is 15.4 Å². The minimum atomic E-state index is -4.79. The van der Waals surface area contributed by atoms with Gasteiger partial charge in [-0.15, -0.1) is 38.0 Å². The molecule has 1 aliphatic rings. The summed E-state index contributed by atoms with van der Waals surface area (Å²) in [7, 11) is 1.52. The Kier molecular flexibility index (Phi) is 10.9. The summed E-state index contributed by atoms with van der Waals surface area (Å²) in [6, 6.07) is 3.95. The zero-order valence-corrected chi connectivity index (χ0v) is 19.4. The summed E-state index contributed by atoms with van der Waals surface area (Å²) in [6.07, 6.45) is -3.11. The van der Waals surface area contributed by atoms with Crippen LogP contribution in [-0.2, 0) is 14.3 Å². The van der Waals surface area contributed by atoms with Gasteiger partial charge in [0.1, 0.15) is 5.75 Å². The highest BCUT2D eigenvalue weighted by Gasteiger charge is 2.31. The van der Waals surface area contributed by atoms with Crippen LogP contribution >= 0.6 is 36.2 Å². The summed E-state index contributed by atoms with van der Waals surface area (Å²) in [6.45, 7) is 1.27. The van der Waals surface area contributed by atoms with Crippen LogP contribution in [0.25, 0.3) is 10.2 Å². The third-order valence-corrected chi connectivity index (χ3v) is 5.34. The maximum Gasteiger partial charge on any atom is 0.573 e. The highest BCUT2D eigenvalue weighted by atomic mass is 35.5. The van der Waals surface area contributed by atoms with Crippen molar-refractivity contribution in [3.63, 3.8) is 0 Å². The standard InChI is InChI=1S/C18H21F3N4O4S.2ClH/c1-25(16(27)9-22-11-4-6-28-7-5-11)10-15(26)24-17-23-13-3-2-12(8-14(13)30-17)29-18(19,20)21;;/h2-3,8,11,22H,4-7,9-10H2,1H3,(H,23,24,26);2*1H. The number of rotatable bonds is 7. The summed E-state index contributed by atoms with van der Waals surface area (Å²) >= 11 is 1.01. The van der Waals surface area contributed by atoms with Gasteiger partial charge < -0.3 is 25.0 Å². The maximum atomic E-state index is 12.3.